The fourth-order valence-electron chi connectivity index (χ4n) is 4.32. The summed E-state index contributed by atoms with van der Waals surface area (Å²) in [7, 11) is 0. The predicted octanol–water partition coefficient (Wildman–Crippen LogP) is 1.43. The van der Waals surface area contributed by atoms with Crippen molar-refractivity contribution >= 4 is 23.5 Å². The van der Waals surface area contributed by atoms with E-state index in [0.29, 0.717) is 24.2 Å². The van der Waals surface area contributed by atoms with Crippen LogP contribution in [0.2, 0.25) is 0 Å². The molecule has 2 saturated heterocycles. The standard InChI is InChI=1S/C18H23FN4O2/c1-2-14-15(19)16(24)21-18(20-14)23-9-12-7-22(8-13(12)10-23)17(25)11-5-3-4-6-11/h3-4,11-13,15H,2,5-10H2,1H3. The number of likely N-dealkylation sites (tertiary alicyclic amines) is 2. The number of hydrogen-bond donors (Lipinski definition) is 0. The molecule has 6 nitrogen and oxygen atoms in total. The monoisotopic (exact) mass is 346 g/mol. The Balaban J connectivity index is 1.40. The van der Waals surface area contributed by atoms with Crippen molar-refractivity contribution in [3.05, 3.63) is 12.2 Å². The number of hydrogen-bond acceptors (Lipinski definition) is 4. The highest BCUT2D eigenvalue weighted by atomic mass is 19.1. The van der Waals surface area contributed by atoms with E-state index in [1.165, 1.54) is 0 Å². The maximum atomic E-state index is 13.8. The van der Waals surface area contributed by atoms with Crippen molar-refractivity contribution in [3.8, 4) is 0 Å². The number of alkyl halides is 1. The zero-order valence-electron chi connectivity index (χ0n) is 14.4. The van der Waals surface area contributed by atoms with Crippen LogP contribution >= 0.6 is 0 Å². The van der Waals surface area contributed by atoms with E-state index in [1.807, 2.05) is 9.80 Å². The van der Waals surface area contributed by atoms with Gasteiger partial charge in [-0.2, -0.15) is 4.99 Å². The molecule has 0 aromatic rings. The first-order valence-electron chi connectivity index (χ1n) is 9.09. The molecule has 0 spiro atoms. The molecule has 134 valence electrons. The number of allylic oxidation sites excluding steroid dienone is 2. The molecular weight excluding hydrogens is 323 g/mol. The van der Waals surface area contributed by atoms with Crippen LogP contribution in [0, 0.1) is 17.8 Å². The van der Waals surface area contributed by atoms with Crippen molar-refractivity contribution in [1.29, 1.82) is 0 Å². The molecule has 0 bridgehead atoms. The Hall–Kier alpha value is -2.05. The molecule has 0 N–H and O–H groups in total. The van der Waals surface area contributed by atoms with Crippen LogP contribution in [0.25, 0.3) is 0 Å². The molecule has 4 aliphatic rings. The Morgan fingerprint density at radius 3 is 2.40 bits per heavy atom. The molecule has 4 rings (SSSR count). The highest BCUT2D eigenvalue weighted by Gasteiger charge is 2.44. The van der Waals surface area contributed by atoms with E-state index < -0.39 is 12.1 Å². The molecule has 3 atom stereocenters. The van der Waals surface area contributed by atoms with E-state index in [0.717, 1.165) is 39.0 Å². The van der Waals surface area contributed by atoms with Gasteiger partial charge in [0, 0.05) is 43.9 Å². The molecule has 7 heteroatoms. The molecule has 0 saturated carbocycles. The average Bonchev–Trinajstić information content (AvgIpc) is 3.32. The normalized spacial score (nSPS) is 32.2. The lowest BCUT2D eigenvalue weighted by Gasteiger charge is -2.25. The number of aliphatic imine (C=N–C) groups is 2. The number of carbonyl (C=O) groups is 2. The molecule has 0 aromatic carbocycles. The van der Waals surface area contributed by atoms with Gasteiger partial charge >= 0.3 is 0 Å². The summed E-state index contributed by atoms with van der Waals surface area (Å²) in [6.45, 7) is 4.76. The van der Waals surface area contributed by atoms with Gasteiger partial charge in [-0.15, -0.1) is 0 Å². The molecule has 3 unspecified atom stereocenters. The summed E-state index contributed by atoms with van der Waals surface area (Å²) in [5.41, 5.74) is 0.262. The van der Waals surface area contributed by atoms with Crippen molar-refractivity contribution < 1.29 is 14.0 Å². The van der Waals surface area contributed by atoms with Gasteiger partial charge in [-0.05, 0) is 19.3 Å². The minimum Gasteiger partial charge on any atom is -0.342 e. The van der Waals surface area contributed by atoms with Crippen LogP contribution in [-0.2, 0) is 9.59 Å². The van der Waals surface area contributed by atoms with Crippen molar-refractivity contribution in [2.45, 2.75) is 32.4 Å². The van der Waals surface area contributed by atoms with Crippen LogP contribution in [0.3, 0.4) is 0 Å². The van der Waals surface area contributed by atoms with E-state index in [1.54, 1.807) is 6.92 Å². The highest BCUT2D eigenvalue weighted by molar-refractivity contribution is 6.17. The molecule has 0 radical (unpaired) electrons. The molecule has 1 aliphatic carbocycles. The highest BCUT2D eigenvalue weighted by Crippen LogP contribution is 2.34. The Morgan fingerprint density at radius 2 is 1.80 bits per heavy atom. The topological polar surface area (TPSA) is 65.3 Å². The first kappa shape index (κ1) is 16.4. The van der Waals surface area contributed by atoms with Gasteiger partial charge in [-0.25, -0.2) is 9.38 Å². The first-order valence-corrected chi connectivity index (χ1v) is 9.09. The molecule has 3 heterocycles. The van der Waals surface area contributed by atoms with Gasteiger partial charge < -0.3 is 9.80 Å². The average molecular weight is 346 g/mol. The van der Waals surface area contributed by atoms with E-state index >= 15 is 0 Å². The van der Waals surface area contributed by atoms with Crippen molar-refractivity contribution in [3.63, 3.8) is 0 Å². The molecule has 25 heavy (non-hydrogen) atoms. The fourth-order valence-corrected chi connectivity index (χ4v) is 4.32. The van der Waals surface area contributed by atoms with Gasteiger partial charge in [0.2, 0.25) is 18.0 Å². The Morgan fingerprint density at radius 1 is 1.16 bits per heavy atom. The molecule has 2 amide bonds. The van der Waals surface area contributed by atoms with Gasteiger partial charge in [-0.3, -0.25) is 9.59 Å². The molecular formula is C18H23FN4O2. The fraction of sp³-hybridized carbons (Fsp3) is 0.667. The van der Waals surface area contributed by atoms with Crippen molar-refractivity contribution in [2.24, 2.45) is 27.7 Å². The second kappa shape index (κ2) is 6.35. The zero-order valence-corrected chi connectivity index (χ0v) is 14.4. The summed E-state index contributed by atoms with van der Waals surface area (Å²) in [6, 6.07) is 0. The number of rotatable bonds is 2. The molecule has 0 aromatic heterocycles. The van der Waals surface area contributed by atoms with E-state index in [2.05, 4.69) is 22.1 Å². The number of carbonyl (C=O) groups excluding carboxylic acids is 2. The maximum Gasteiger partial charge on any atom is 0.289 e. The van der Waals surface area contributed by atoms with Crippen LogP contribution in [0.15, 0.2) is 22.1 Å². The quantitative estimate of drug-likeness (QED) is 0.711. The second-order valence-corrected chi connectivity index (χ2v) is 7.38. The van der Waals surface area contributed by atoms with E-state index in [-0.39, 0.29) is 17.5 Å². The summed E-state index contributed by atoms with van der Waals surface area (Å²) in [5.74, 6) is 0.739. The summed E-state index contributed by atoms with van der Waals surface area (Å²) in [4.78, 5) is 36.4. The predicted molar refractivity (Wildman–Crippen MR) is 92.1 cm³/mol. The van der Waals surface area contributed by atoms with Crippen LogP contribution in [0.1, 0.15) is 26.2 Å². The Kier molecular flexibility index (Phi) is 4.17. The van der Waals surface area contributed by atoms with E-state index in [4.69, 9.17) is 0 Å². The number of fused-ring (bicyclic) bond motifs is 1. The molecule has 3 aliphatic heterocycles. The minimum atomic E-state index is -1.69. The number of halogens is 1. The van der Waals surface area contributed by atoms with Crippen LogP contribution in [0.4, 0.5) is 4.39 Å². The lowest BCUT2D eigenvalue weighted by molar-refractivity contribution is -0.134. The van der Waals surface area contributed by atoms with Crippen LogP contribution in [-0.4, -0.2) is 65.6 Å². The lowest BCUT2D eigenvalue weighted by atomic mass is 10.0. The number of amides is 2. The van der Waals surface area contributed by atoms with Crippen molar-refractivity contribution in [1.82, 2.24) is 9.80 Å². The Labute approximate surface area is 146 Å². The van der Waals surface area contributed by atoms with Gasteiger partial charge in [-0.1, -0.05) is 19.1 Å². The van der Waals surface area contributed by atoms with Gasteiger partial charge in [0.15, 0.2) is 0 Å². The van der Waals surface area contributed by atoms with Gasteiger partial charge in [0.05, 0.1) is 5.71 Å². The third-order valence-electron chi connectivity index (χ3n) is 5.76. The minimum absolute atomic E-state index is 0.119. The third-order valence-corrected chi connectivity index (χ3v) is 5.76. The summed E-state index contributed by atoms with van der Waals surface area (Å²) in [6.07, 6.45) is 4.60. The van der Waals surface area contributed by atoms with E-state index in [9.17, 15) is 14.0 Å². The smallest absolute Gasteiger partial charge is 0.289 e. The summed E-state index contributed by atoms with van der Waals surface area (Å²) < 4.78 is 13.8. The van der Waals surface area contributed by atoms with Crippen LogP contribution < -0.4 is 0 Å². The SMILES string of the molecule is CCC1=NC(N2CC3CN(C(=O)C4CC=CC4)CC3C2)=NC(=O)C1F. The second-order valence-electron chi connectivity index (χ2n) is 7.38. The zero-order chi connectivity index (χ0) is 17.6. The Bertz CT molecular complexity index is 665. The third kappa shape index (κ3) is 2.89. The molecule has 2 fully saturated rings. The number of guanidine groups is 1. The summed E-state index contributed by atoms with van der Waals surface area (Å²) >= 11 is 0. The van der Waals surface area contributed by atoms with Crippen molar-refractivity contribution in [2.75, 3.05) is 26.2 Å². The largest absolute Gasteiger partial charge is 0.342 e. The first-order chi connectivity index (χ1) is 12.1. The summed E-state index contributed by atoms with van der Waals surface area (Å²) in [5, 5.41) is 0. The number of nitrogens with zero attached hydrogens (tertiary/aromatic N) is 4. The maximum absolute atomic E-state index is 13.8. The van der Waals surface area contributed by atoms with Gasteiger partial charge in [0.25, 0.3) is 5.91 Å². The lowest BCUT2D eigenvalue weighted by Crippen LogP contribution is -2.40. The van der Waals surface area contributed by atoms with Crippen LogP contribution in [0.5, 0.6) is 0 Å². The van der Waals surface area contributed by atoms with Gasteiger partial charge in [0.1, 0.15) is 0 Å².